The maximum atomic E-state index is 12.8. The van der Waals surface area contributed by atoms with Gasteiger partial charge in [-0.25, -0.2) is 0 Å². The van der Waals surface area contributed by atoms with E-state index in [-0.39, 0.29) is 11.4 Å². The Bertz CT molecular complexity index is 816. The van der Waals surface area contributed by atoms with Crippen molar-refractivity contribution in [2.24, 2.45) is 0 Å². The first-order valence-electron chi connectivity index (χ1n) is 8.07. The van der Waals surface area contributed by atoms with Crippen molar-refractivity contribution in [2.75, 3.05) is 7.11 Å². The Labute approximate surface area is 142 Å². The van der Waals surface area contributed by atoms with Crippen LogP contribution in [0, 0.1) is 6.92 Å². The fourth-order valence-corrected chi connectivity index (χ4v) is 2.97. The summed E-state index contributed by atoms with van der Waals surface area (Å²) in [4.78, 5) is 12.8. The summed E-state index contributed by atoms with van der Waals surface area (Å²) in [6, 6.07) is 11.7. The van der Waals surface area contributed by atoms with Crippen molar-refractivity contribution >= 4 is 11.9 Å². The maximum Gasteiger partial charge on any atom is 0.170 e. The first-order valence-corrected chi connectivity index (χ1v) is 8.07. The molecule has 0 bridgehead atoms. The summed E-state index contributed by atoms with van der Waals surface area (Å²) >= 11 is 0. The highest BCUT2D eigenvalue weighted by atomic mass is 16.5. The highest BCUT2D eigenvalue weighted by molar-refractivity contribution is 6.01. The van der Waals surface area contributed by atoms with Gasteiger partial charge in [0.15, 0.2) is 5.78 Å². The van der Waals surface area contributed by atoms with E-state index in [0.29, 0.717) is 17.7 Å². The van der Waals surface area contributed by atoms with E-state index < -0.39 is 0 Å². The maximum absolute atomic E-state index is 12.8. The number of rotatable bonds is 4. The molecule has 3 heteroatoms. The van der Waals surface area contributed by atoms with Gasteiger partial charge in [-0.3, -0.25) is 4.79 Å². The van der Waals surface area contributed by atoms with Crippen LogP contribution >= 0.6 is 0 Å². The van der Waals surface area contributed by atoms with Crippen molar-refractivity contribution in [1.29, 1.82) is 0 Å². The minimum atomic E-state index is -0.356. The van der Waals surface area contributed by atoms with Crippen LogP contribution in [0.15, 0.2) is 42.5 Å². The zero-order valence-corrected chi connectivity index (χ0v) is 14.6. The highest BCUT2D eigenvalue weighted by Crippen LogP contribution is 2.39. The van der Waals surface area contributed by atoms with Gasteiger partial charge in [-0.05, 0) is 50.6 Å². The molecule has 1 aliphatic heterocycles. The predicted molar refractivity (Wildman–Crippen MR) is 95.9 cm³/mol. The minimum Gasteiger partial charge on any atom is -0.495 e. The number of hydrogen-bond donors (Lipinski definition) is 0. The Hall–Kier alpha value is -2.55. The number of carbonyl (C=O) groups is 1. The van der Waals surface area contributed by atoms with E-state index in [0.717, 1.165) is 22.4 Å². The van der Waals surface area contributed by atoms with Crippen LogP contribution in [0.4, 0.5) is 0 Å². The molecule has 0 aromatic heterocycles. The molecule has 1 aliphatic rings. The highest BCUT2D eigenvalue weighted by Gasteiger charge is 2.26. The van der Waals surface area contributed by atoms with E-state index in [1.165, 1.54) is 0 Å². The molecule has 0 spiro atoms. The van der Waals surface area contributed by atoms with Crippen LogP contribution in [-0.2, 0) is 6.42 Å². The van der Waals surface area contributed by atoms with Crippen LogP contribution in [0.3, 0.4) is 0 Å². The second-order valence-corrected chi connectivity index (χ2v) is 6.69. The third-order valence-electron chi connectivity index (χ3n) is 4.13. The molecule has 3 rings (SSSR count). The molecular formula is C21H22O3. The summed E-state index contributed by atoms with van der Waals surface area (Å²) < 4.78 is 11.5. The topological polar surface area (TPSA) is 35.5 Å². The predicted octanol–water partition coefficient (Wildman–Crippen LogP) is 4.61. The van der Waals surface area contributed by atoms with Gasteiger partial charge in [0.1, 0.15) is 17.1 Å². The lowest BCUT2D eigenvalue weighted by Gasteiger charge is -2.29. The SMILES string of the molecule is COc1c(C(=O)Cc2cccc(C)c2)ccc2c1C=CC(C)(C)O2. The van der Waals surface area contributed by atoms with Gasteiger partial charge in [-0.1, -0.05) is 29.8 Å². The Kier molecular flexibility index (Phi) is 4.18. The molecule has 0 fully saturated rings. The molecular weight excluding hydrogens is 300 g/mol. The molecule has 0 atom stereocenters. The quantitative estimate of drug-likeness (QED) is 0.771. The first kappa shape index (κ1) is 16.3. The molecule has 0 N–H and O–H groups in total. The lowest BCUT2D eigenvalue weighted by Crippen LogP contribution is -2.27. The fraction of sp³-hybridized carbons (Fsp3) is 0.286. The van der Waals surface area contributed by atoms with Crippen LogP contribution in [0.5, 0.6) is 11.5 Å². The molecule has 0 radical (unpaired) electrons. The zero-order chi connectivity index (χ0) is 17.3. The molecule has 24 heavy (non-hydrogen) atoms. The normalized spacial score (nSPS) is 14.7. The second kappa shape index (κ2) is 6.16. The third kappa shape index (κ3) is 3.21. The summed E-state index contributed by atoms with van der Waals surface area (Å²) in [5, 5.41) is 0. The van der Waals surface area contributed by atoms with Gasteiger partial charge in [-0.15, -0.1) is 0 Å². The molecule has 0 amide bonds. The standard InChI is InChI=1S/C21H22O3/c1-14-6-5-7-15(12-14)13-18(22)16-8-9-19-17(20(16)23-4)10-11-21(2,3)24-19/h5-12H,13H2,1-4H3. The van der Waals surface area contributed by atoms with Gasteiger partial charge < -0.3 is 9.47 Å². The van der Waals surface area contributed by atoms with Crippen molar-refractivity contribution < 1.29 is 14.3 Å². The van der Waals surface area contributed by atoms with Crippen LogP contribution in [0.1, 0.15) is 40.9 Å². The number of benzene rings is 2. The van der Waals surface area contributed by atoms with Gasteiger partial charge in [0.2, 0.25) is 0 Å². The van der Waals surface area contributed by atoms with Gasteiger partial charge in [-0.2, -0.15) is 0 Å². The molecule has 0 aliphatic carbocycles. The van der Waals surface area contributed by atoms with Crippen LogP contribution < -0.4 is 9.47 Å². The number of ether oxygens (including phenoxy) is 2. The van der Waals surface area contributed by atoms with E-state index >= 15 is 0 Å². The van der Waals surface area contributed by atoms with Crippen molar-refractivity contribution in [3.05, 3.63) is 64.7 Å². The van der Waals surface area contributed by atoms with Gasteiger partial charge in [0.05, 0.1) is 18.2 Å². The summed E-state index contributed by atoms with van der Waals surface area (Å²) in [7, 11) is 1.59. The lowest BCUT2D eigenvalue weighted by atomic mass is 9.95. The molecule has 124 valence electrons. The van der Waals surface area contributed by atoms with E-state index in [1.807, 2.05) is 63.3 Å². The average molecular weight is 322 g/mol. The minimum absolute atomic E-state index is 0.0403. The second-order valence-electron chi connectivity index (χ2n) is 6.69. The first-order chi connectivity index (χ1) is 11.4. The molecule has 0 unspecified atom stereocenters. The lowest BCUT2D eigenvalue weighted by molar-refractivity contribution is 0.0989. The Morgan fingerprint density at radius 2 is 2.00 bits per heavy atom. The number of aryl methyl sites for hydroxylation is 1. The summed E-state index contributed by atoms with van der Waals surface area (Å²) in [6.45, 7) is 6.02. The van der Waals surface area contributed by atoms with E-state index in [2.05, 4.69) is 0 Å². The Balaban J connectivity index is 1.95. The van der Waals surface area contributed by atoms with E-state index in [4.69, 9.17) is 9.47 Å². The molecule has 0 saturated heterocycles. The van der Waals surface area contributed by atoms with Crippen LogP contribution in [0.2, 0.25) is 0 Å². The molecule has 1 heterocycles. The van der Waals surface area contributed by atoms with Crippen molar-refractivity contribution in [2.45, 2.75) is 32.8 Å². The largest absolute Gasteiger partial charge is 0.495 e. The number of carbonyl (C=O) groups excluding carboxylic acids is 1. The van der Waals surface area contributed by atoms with Crippen molar-refractivity contribution in [3.8, 4) is 11.5 Å². The summed E-state index contributed by atoms with van der Waals surface area (Å²) in [5.41, 5.74) is 3.21. The monoisotopic (exact) mass is 322 g/mol. The van der Waals surface area contributed by atoms with Crippen LogP contribution in [0.25, 0.3) is 6.08 Å². The van der Waals surface area contributed by atoms with E-state index in [9.17, 15) is 4.79 Å². The Morgan fingerprint density at radius 1 is 1.21 bits per heavy atom. The number of methoxy groups -OCH3 is 1. The smallest absolute Gasteiger partial charge is 0.170 e. The van der Waals surface area contributed by atoms with E-state index in [1.54, 1.807) is 13.2 Å². The van der Waals surface area contributed by atoms with Gasteiger partial charge in [0.25, 0.3) is 0 Å². The van der Waals surface area contributed by atoms with Crippen molar-refractivity contribution in [1.82, 2.24) is 0 Å². The number of fused-ring (bicyclic) bond motifs is 1. The van der Waals surface area contributed by atoms with Gasteiger partial charge >= 0.3 is 0 Å². The average Bonchev–Trinajstić information content (AvgIpc) is 2.52. The Morgan fingerprint density at radius 3 is 2.71 bits per heavy atom. The summed E-state index contributed by atoms with van der Waals surface area (Å²) in [6.07, 6.45) is 4.31. The molecule has 3 nitrogen and oxygen atoms in total. The van der Waals surface area contributed by atoms with Crippen LogP contribution in [-0.4, -0.2) is 18.5 Å². The number of hydrogen-bond acceptors (Lipinski definition) is 3. The van der Waals surface area contributed by atoms with Gasteiger partial charge in [0, 0.05) is 6.42 Å². The fourth-order valence-electron chi connectivity index (χ4n) is 2.97. The number of Topliss-reactive ketones (excluding diaryl/α,β-unsaturated/α-hetero) is 1. The molecule has 0 saturated carbocycles. The number of ketones is 1. The van der Waals surface area contributed by atoms with Crippen molar-refractivity contribution in [3.63, 3.8) is 0 Å². The summed E-state index contributed by atoms with van der Waals surface area (Å²) in [5.74, 6) is 1.36. The zero-order valence-electron chi connectivity index (χ0n) is 14.6. The molecule has 2 aromatic carbocycles. The third-order valence-corrected chi connectivity index (χ3v) is 4.13. The molecule has 2 aromatic rings.